The summed E-state index contributed by atoms with van der Waals surface area (Å²) in [6, 6.07) is 11.5. The second kappa shape index (κ2) is 69.3. The summed E-state index contributed by atoms with van der Waals surface area (Å²) in [5.74, 6) is 0. The van der Waals surface area contributed by atoms with Crippen molar-refractivity contribution in [3.8, 4) is 0 Å². The molecule has 0 atom stereocenters. The maximum absolute atomic E-state index is 8.25. The third kappa shape index (κ3) is 167. The standard InChI is InChI=1S/2C8H10N4S.4CH4O.6NO3.Th/c2*1-6(11-12-8(9)13)7-4-2-3-5-10-7;4*1-2;6*2-1(3)4;/h2*2-5H,1H3,(H3,9,12,13);4*2H,1H3;;;;;;;/q;;;;;;6*-1;+4/p+2/b2*11-6+;;;;;;;;;;;. The Morgan fingerprint density at radius 3 is 0.797 bits per heavy atom. The topological polar surface area (TPSA) is 607 Å². The van der Waals surface area contributed by atoms with E-state index in [1.54, 1.807) is 0 Å². The molecule has 0 aromatic carbocycles. The van der Waals surface area contributed by atoms with Crippen molar-refractivity contribution in [2.24, 2.45) is 21.7 Å². The number of nitrogens with two attached hydrogens (primary N) is 2. The van der Waals surface area contributed by atoms with Gasteiger partial charge in [-0.25, -0.2) is 9.97 Å². The third-order valence-corrected chi connectivity index (χ3v) is 3.05. The predicted octanol–water partition coefficient (Wildman–Crippen LogP) is -2.88. The van der Waals surface area contributed by atoms with Crippen LogP contribution in [0.2, 0.25) is 0 Å². The molecule has 39 heteroatoms. The number of aliphatic hydroxyl groups is 4. The van der Waals surface area contributed by atoms with Crippen molar-refractivity contribution in [2.45, 2.75) is 13.8 Å². The molecule has 12 N–H and O–H groups in total. The molecule has 0 aliphatic carbocycles. The Kier molecular flexibility index (Phi) is 94.9. The van der Waals surface area contributed by atoms with Gasteiger partial charge in [0.1, 0.15) is 11.4 Å². The Bertz CT molecular complexity index is 1210. The maximum atomic E-state index is 8.25. The van der Waals surface area contributed by atoms with Crippen molar-refractivity contribution in [1.29, 1.82) is 0 Å². The molecule has 0 aliphatic heterocycles. The fourth-order valence-electron chi connectivity index (χ4n) is 1.64. The van der Waals surface area contributed by atoms with Crippen molar-refractivity contribution in [1.82, 2.24) is 10.9 Å². The van der Waals surface area contributed by atoms with Gasteiger partial charge in [-0.1, -0.05) is 0 Å². The van der Waals surface area contributed by atoms with Gasteiger partial charge in [-0.05, 0) is 50.4 Å². The van der Waals surface area contributed by atoms with Crippen LogP contribution in [0, 0.1) is 132 Å². The summed E-state index contributed by atoms with van der Waals surface area (Å²) in [6.07, 6.45) is 3.66. The summed E-state index contributed by atoms with van der Waals surface area (Å²) < 4.78 is 0. The van der Waals surface area contributed by atoms with Crippen LogP contribution in [0.25, 0.3) is 0 Å². The number of hydrogen-bond acceptors (Lipinski definition) is 26. The van der Waals surface area contributed by atoms with Gasteiger partial charge < -0.3 is 124 Å². The summed E-state index contributed by atoms with van der Waals surface area (Å²) in [5.41, 5.74) is 18.9. The minimum absolute atomic E-state index is 0. The van der Waals surface area contributed by atoms with Gasteiger partial charge in [0.2, 0.25) is 11.4 Å². The third-order valence-electron chi connectivity index (χ3n) is 2.87. The molecule has 2 heterocycles. The Morgan fingerprint density at radius 1 is 0.508 bits per heavy atom. The first-order chi connectivity index (χ1) is 26.8. The molecule has 2 aromatic rings. The molecule has 36 nitrogen and oxygen atoms in total. The smallest absolute Gasteiger partial charge is 0.400 e. The number of aliphatic hydroxyl groups excluding tert-OH is 4. The van der Waals surface area contributed by atoms with Gasteiger partial charge in [0, 0.05) is 52.7 Å². The fourth-order valence-corrected chi connectivity index (χ4v) is 1.73. The van der Waals surface area contributed by atoms with Crippen LogP contribution in [0.1, 0.15) is 25.2 Å². The molecule has 0 amide bonds. The first-order valence-electron chi connectivity index (χ1n) is 12.6. The van der Waals surface area contributed by atoms with E-state index in [2.05, 4.69) is 55.5 Å². The second-order valence-corrected chi connectivity index (χ2v) is 7.12. The molecule has 0 saturated carbocycles. The van der Waals surface area contributed by atoms with Crippen molar-refractivity contribution in [2.75, 3.05) is 28.4 Å². The molecule has 59 heavy (non-hydrogen) atoms. The second-order valence-electron chi connectivity index (χ2n) is 6.24. The summed E-state index contributed by atoms with van der Waals surface area (Å²) in [6.45, 7) is 3.72. The average molecular weight is 1120 g/mol. The average Bonchev–Trinajstić information content (AvgIpc) is 3.12. The normalized spacial score (nSPS) is 7.69. The molecule has 0 fully saturated rings. The fraction of sp³-hybridized carbons (Fsp3) is 0.300. The number of nitrogens with one attached hydrogen (secondary N) is 4. The Labute approximate surface area is 372 Å². The van der Waals surface area contributed by atoms with E-state index in [0.29, 0.717) is 0 Å². The largest absolute Gasteiger partial charge is 4.00 e. The number of aromatic nitrogens is 2. The van der Waals surface area contributed by atoms with Gasteiger partial charge in [-0.3, -0.25) is 10.9 Å². The number of hydrazone groups is 2. The van der Waals surface area contributed by atoms with E-state index in [-0.39, 0.29) is 50.2 Å². The van der Waals surface area contributed by atoms with Gasteiger partial charge in [0.05, 0.1) is 30.5 Å². The van der Waals surface area contributed by atoms with E-state index in [4.69, 9.17) is 124 Å². The van der Waals surface area contributed by atoms with Crippen LogP contribution in [0.15, 0.2) is 59.0 Å². The number of rotatable bonds is 4. The Balaban J connectivity index is -0.0000000513. The van der Waals surface area contributed by atoms with Crippen LogP contribution >= 0.6 is 24.4 Å². The van der Waals surface area contributed by atoms with Crippen molar-refractivity contribution in [3.05, 3.63) is 152 Å². The van der Waals surface area contributed by atoms with Gasteiger partial charge in [-0.2, -0.15) is 10.2 Å². The molecule has 0 saturated heterocycles. The molecule has 0 spiro atoms. The van der Waals surface area contributed by atoms with E-state index >= 15 is 0 Å². The summed E-state index contributed by atoms with van der Waals surface area (Å²) in [5, 5.41) is 125. The van der Waals surface area contributed by atoms with E-state index < -0.39 is 30.5 Å². The minimum Gasteiger partial charge on any atom is -0.400 e. The number of pyridine rings is 2. The van der Waals surface area contributed by atoms with Gasteiger partial charge in [-0.15, -0.1) is 0 Å². The Hall–Kier alpha value is -6.62. The molecule has 0 radical (unpaired) electrons. The summed E-state index contributed by atoms with van der Waals surface area (Å²) >= 11 is 9.23. The van der Waals surface area contributed by atoms with Gasteiger partial charge in [0.15, 0.2) is 22.6 Å². The number of thiocarbonyl (C=S) groups is 2. The quantitative estimate of drug-likeness (QED) is 0.0659. The number of hydrogen-bond donors (Lipinski definition) is 8. The summed E-state index contributed by atoms with van der Waals surface area (Å²) in [7, 11) is 4.00. The zero-order valence-corrected chi connectivity index (χ0v) is 36.5. The zero-order chi connectivity index (χ0) is 48.8. The van der Waals surface area contributed by atoms with E-state index in [0.717, 1.165) is 51.3 Å². The minimum atomic E-state index is -1.75. The van der Waals surface area contributed by atoms with E-state index in [1.807, 2.05) is 62.6 Å². The molecule has 0 aliphatic rings. The van der Waals surface area contributed by atoms with Crippen LogP contribution < -0.4 is 32.3 Å². The number of aromatic amines is 2. The van der Waals surface area contributed by atoms with Crippen LogP contribution in [-0.4, -0.2) is 101 Å². The van der Waals surface area contributed by atoms with Crippen LogP contribution in [0.5, 0.6) is 0 Å². The van der Waals surface area contributed by atoms with Crippen molar-refractivity contribution in [3.63, 3.8) is 0 Å². The van der Waals surface area contributed by atoms with Crippen molar-refractivity contribution >= 4 is 46.1 Å². The summed E-state index contributed by atoms with van der Waals surface area (Å²) in [4.78, 5) is 55.6. The van der Waals surface area contributed by atoms with Gasteiger partial charge >= 0.3 is 39.9 Å². The SMILES string of the molecule is C/C(=N\NC(N)=S)c1cccc[nH+]1.C/C(=N\NC(N)=S)c1cccc[nH+]1.CO.CO.CO.CO.O=[N+]([O-])[O-].O=[N+]([O-])[O-].O=[N+]([O-])[O-].O=[N+]([O-])[O-].O=[N+]([O-])[O-].O=[N+]([O-])[O-].[Th+4]. The number of H-pyrrole nitrogens is 2. The zero-order valence-electron chi connectivity index (χ0n) is 30.8. The predicted molar refractivity (Wildman–Crippen MR) is 205 cm³/mol. The number of nitrogens with zero attached hydrogens (tertiary/aromatic N) is 8. The van der Waals surface area contributed by atoms with E-state index in [9.17, 15) is 0 Å². The molecule has 0 unspecified atom stereocenters. The van der Waals surface area contributed by atoms with Gasteiger partial charge in [0.25, 0.3) is 0 Å². The Morgan fingerprint density at radius 2 is 0.678 bits per heavy atom. The van der Waals surface area contributed by atoms with Crippen LogP contribution in [-0.2, 0) is 0 Å². The van der Waals surface area contributed by atoms with Crippen molar-refractivity contribution < 1.29 is 101 Å². The van der Waals surface area contributed by atoms with Crippen LogP contribution in [0.4, 0.5) is 0 Å². The molecule has 2 aromatic heterocycles. The first-order valence-corrected chi connectivity index (χ1v) is 13.4. The maximum Gasteiger partial charge on any atom is 4.00 e. The van der Waals surface area contributed by atoms with Crippen LogP contribution in [0.3, 0.4) is 0 Å². The molecule has 336 valence electrons. The molecule has 2 rings (SSSR count). The first kappa shape index (κ1) is 80.8. The molecular weight excluding hydrogens is 1080 g/mol. The molecular formula is C20H38N14O22S2Th. The van der Waals surface area contributed by atoms with E-state index in [1.165, 1.54) is 0 Å². The molecule has 0 bridgehead atoms. The monoisotopic (exact) mass is 1120 g/mol.